The maximum absolute atomic E-state index is 5.31. The van der Waals surface area contributed by atoms with Crippen molar-refractivity contribution in [1.29, 1.82) is 0 Å². The van der Waals surface area contributed by atoms with E-state index in [1.165, 1.54) is 34.2 Å². The van der Waals surface area contributed by atoms with E-state index >= 15 is 0 Å². The third-order valence-electron chi connectivity index (χ3n) is 3.92. The molecular weight excluding hydrogens is 228 g/mol. The molecule has 0 nitrogen and oxygen atoms in total. The van der Waals surface area contributed by atoms with Gasteiger partial charge in [-0.2, -0.15) is 0 Å². The number of fused-ring (bicyclic) bond motifs is 3. The van der Waals surface area contributed by atoms with Crippen LogP contribution in [0.15, 0.2) is 42.5 Å². The average Bonchev–Trinajstić information content (AvgIpc) is 2.83. The number of benzene rings is 2. The maximum Gasteiger partial charge on any atom is 0.00861 e. The predicted molar refractivity (Wildman–Crippen MR) is 81.1 cm³/mol. The Morgan fingerprint density at radius 3 is 2.68 bits per heavy atom. The zero-order valence-electron chi connectivity index (χ0n) is 11.2. The first-order valence-electron chi connectivity index (χ1n) is 7.02. The molecule has 0 spiro atoms. The molecule has 0 aromatic heterocycles. The third-order valence-corrected chi connectivity index (χ3v) is 3.92. The zero-order valence-corrected chi connectivity index (χ0v) is 11.2. The quantitative estimate of drug-likeness (QED) is 0.466. The molecule has 3 rings (SSSR count). The summed E-state index contributed by atoms with van der Waals surface area (Å²) >= 11 is 0. The van der Waals surface area contributed by atoms with Crippen LogP contribution in [-0.2, 0) is 12.8 Å². The number of rotatable bonds is 4. The fraction of sp³-hybridized carbons (Fsp3) is 0.263. The molecule has 0 unspecified atom stereocenters. The smallest absolute Gasteiger partial charge is 0.00861 e. The molecule has 2 aromatic rings. The molecule has 0 atom stereocenters. The molecule has 0 heterocycles. The monoisotopic (exact) mass is 246 g/mol. The van der Waals surface area contributed by atoms with Crippen molar-refractivity contribution in [1.82, 2.24) is 0 Å². The Morgan fingerprint density at radius 2 is 1.79 bits per heavy atom. The van der Waals surface area contributed by atoms with Gasteiger partial charge in [-0.05, 0) is 53.5 Å². The summed E-state index contributed by atoms with van der Waals surface area (Å²) in [7, 11) is 0. The Balaban J connectivity index is 1.89. The van der Waals surface area contributed by atoms with Gasteiger partial charge in [0.1, 0.15) is 0 Å². The molecule has 0 radical (unpaired) electrons. The van der Waals surface area contributed by atoms with Crippen molar-refractivity contribution >= 4 is 0 Å². The summed E-state index contributed by atoms with van der Waals surface area (Å²) in [6.07, 6.45) is 10.7. The van der Waals surface area contributed by atoms with Crippen LogP contribution in [-0.4, -0.2) is 0 Å². The van der Waals surface area contributed by atoms with Crippen LogP contribution in [0.2, 0.25) is 0 Å². The lowest BCUT2D eigenvalue weighted by Crippen LogP contribution is -1.91. The van der Waals surface area contributed by atoms with E-state index in [0.29, 0.717) is 0 Å². The molecule has 0 heteroatoms. The fourth-order valence-electron chi connectivity index (χ4n) is 3.02. The minimum absolute atomic E-state index is 0.894. The van der Waals surface area contributed by atoms with Gasteiger partial charge >= 0.3 is 0 Å². The van der Waals surface area contributed by atoms with Gasteiger partial charge in [0.25, 0.3) is 0 Å². The van der Waals surface area contributed by atoms with Crippen LogP contribution >= 0.6 is 0 Å². The molecule has 0 saturated heterocycles. The Kier molecular flexibility index (Phi) is 3.38. The van der Waals surface area contributed by atoms with Crippen LogP contribution in [0.25, 0.3) is 11.1 Å². The largest absolute Gasteiger partial charge is 0.120 e. The van der Waals surface area contributed by atoms with Crippen molar-refractivity contribution in [2.75, 3.05) is 0 Å². The molecular formula is C19H18. The first-order valence-corrected chi connectivity index (χ1v) is 7.02. The standard InChI is InChI=1S/C19H18/c1-2-3-4-5-9-15-11-8-12-17-14-16-10-6-7-13-18(16)19(15)17/h1,6-8,10-13H,3-5,9,14H2. The van der Waals surface area contributed by atoms with Gasteiger partial charge in [0, 0.05) is 6.42 Å². The summed E-state index contributed by atoms with van der Waals surface area (Å²) < 4.78 is 0. The molecule has 0 bridgehead atoms. The second kappa shape index (κ2) is 5.33. The molecule has 94 valence electrons. The molecule has 0 amide bonds. The molecule has 19 heavy (non-hydrogen) atoms. The SMILES string of the molecule is C#CCCCCc1cccc2c1-c1ccccc1C2. The fourth-order valence-corrected chi connectivity index (χ4v) is 3.02. The highest BCUT2D eigenvalue weighted by Crippen LogP contribution is 2.39. The maximum atomic E-state index is 5.31. The van der Waals surface area contributed by atoms with Crippen LogP contribution in [0.5, 0.6) is 0 Å². The van der Waals surface area contributed by atoms with Crippen molar-refractivity contribution in [2.24, 2.45) is 0 Å². The Bertz CT molecular complexity index is 629. The van der Waals surface area contributed by atoms with Gasteiger partial charge in [0.2, 0.25) is 0 Å². The second-order valence-electron chi connectivity index (χ2n) is 5.20. The average molecular weight is 246 g/mol. The van der Waals surface area contributed by atoms with Gasteiger partial charge in [0.05, 0.1) is 0 Å². The van der Waals surface area contributed by atoms with Crippen LogP contribution < -0.4 is 0 Å². The second-order valence-corrected chi connectivity index (χ2v) is 5.20. The predicted octanol–water partition coefficient (Wildman–Crippen LogP) is 4.60. The normalized spacial score (nSPS) is 11.7. The van der Waals surface area contributed by atoms with Crippen LogP contribution in [0, 0.1) is 12.3 Å². The Hall–Kier alpha value is -2.00. The lowest BCUT2D eigenvalue weighted by molar-refractivity contribution is 0.757. The summed E-state index contributed by atoms with van der Waals surface area (Å²) in [5, 5.41) is 0. The molecule has 2 aromatic carbocycles. The summed E-state index contributed by atoms with van der Waals surface area (Å²) in [5.74, 6) is 2.72. The van der Waals surface area contributed by atoms with E-state index < -0.39 is 0 Å². The number of aryl methyl sites for hydroxylation is 1. The topological polar surface area (TPSA) is 0 Å². The van der Waals surface area contributed by atoms with Crippen LogP contribution in [0.3, 0.4) is 0 Å². The third kappa shape index (κ3) is 2.29. The van der Waals surface area contributed by atoms with Gasteiger partial charge in [0.15, 0.2) is 0 Å². The summed E-state index contributed by atoms with van der Waals surface area (Å²) in [4.78, 5) is 0. The van der Waals surface area contributed by atoms with E-state index in [4.69, 9.17) is 6.42 Å². The van der Waals surface area contributed by atoms with Crippen LogP contribution in [0.1, 0.15) is 36.0 Å². The molecule has 1 aliphatic carbocycles. The van der Waals surface area contributed by atoms with Crippen molar-refractivity contribution in [3.05, 3.63) is 59.2 Å². The number of terminal acetylenes is 1. The van der Waals surface area contributed by atoms with E-state index in [2.05, 4.69) is 48.4 Å². The van der Waals surface area contributed by atoms with E-state index in [1.54, 1.807) is 0 Å². The van der Waals surface area contributed by atoms with Gasteiger partial charge in [-0.15, -0.1) is 12.3 Å². The summed E-state index contributed by atoms with van der Waals surface area (Å²) in [5.41, 5.74) is 7.35. The van der Waals surface area contributed by atoms with E-state index in [-0.39, 0.29) is 0 Å². The molecule has 0 aliphatic heterocycles. The van der Waals surface area contributed by atoms with Crippen molar-refractivity contribution in [2.45, 2.75) is 32.1 Å². The number of hydrogen-bond donors (Lipinski definition) is 0. The van der Waals surface area contributed by atoms with Crippen molar-refractivity contribution < 1.29 is 0 Å². The lowest BCUT2D eigenvalue weighted by atomic mass is 9.95. The lowest BCUT2D eigenvalue weighted by Gasteiger charge is -2.09. The van der Waals surface area contributed by atoms with E-state index in [0.717, 1.165) is 25.7 Å². The highest BCUT2D eigenvalue weighted by atomic mass is 14.2. The van der Waals surface area contributed by atoms with Gasteiger partial charge in [-0.1, -0.05) is 42.5 Å². The van der Waals surface area contributed by atoms with Crippen molar-refractivity contribution in [3.8, 4) is 23.5 Å². The molecule has 0 saturated carbocycles. The minimum atomic E-state index is 0.894. The minimum Gasteiger partial charge on any atom is -0.120 e. The zero-order chi connectivity index (χ0) is 13.1. The first-order chi connectivity index (χ1) is 9.40. The van der Waals surface area contributed by atoms with E-state index in [9.17, 15) is 0 Å². The van der Waals surface area contributed by atoms with E-state index in [1.807, 2.05) is 0 Å². The highest BCUT2D eigenvalue weighted by molar-refractivity contribution is 5.79. The summed E-state index contributed by atoms with van der Waals surface area (Å²) in [6.45, 7) is 0. The molecule has 1 aliphatic rings. The Labute approximate surface area is 115 Å². The summed E-state index contributed by atoms with van der Waals surface area (Å²) in [6, 6.07) is 15.5. The van der Waals surface area contributed by atoms with Gasteiger partial charge < -0.3 is 0 Å². The molecule has 0 fully saturated rings. The first kappa shape index (κ1) is 12.1. The number of hydrogen-bond acceptors (Lipinski definition) is 0. The van der Waals surface area contributed by atoms with Gasteiger partial charge in [-0.25, -0.2) is 0 Å². The van der Waals surface area contributed by atoms with Crippen LogP contribution in [0.4, 0.5) is 0 Å². The van der Waals surface area contributed by atoms with Crippen molar-refractivity contribution in [3.63, 3.8) is 0 Å². The van der Waals surface area contributed by atoms with Gasteiger partial charge in [-0.3, -0.25) is 0 Å². The highest BCUT2D eigenvalue weighted by Gasteiger charge is 2.19. The number of unbranched alkanes of at least 4 members (excludes halogenated alkanes) is 2. The Morgan fingerprint density at radius 1 is 0.947 bits per heavy atom. The molecule has 0 N–H and O–H groups in total.